The number of nitrogens with one attached hydrogen (secondary N) is 1. The van der Waals surface area contributed by atoms with Gasteiger partial charge in [-0.15, -0.1) is 10.2 Å². The highest BCUT2D eigenvalue weighted by atomic mass is 32.2. The summed E-state index contributed by atoms with van der Waals surface area (Å²) in [7, 11) is 0. The molecule has 29 heavy (non-hydrogen) atoms. The summed E-state index contributed by atoms with van der Waals surface area (Å²) in [6, 6.07) is 6.53. The van der Waals surface area contributed by atoms with Crippen LogP contribution in [-0.2, 0) is 16.1 Å². The fourth-order valence-corrected chi connectivity index (χ4v) is 3.80. The van der Waals surface area contributed by atoms with Crippen LogP contribution in [0.15, 0.2) is 46.2 Å². The molecule has 1 saturated heterocycles. The second kappa shape index (κ2) is 8.75. The maximum absolute atomic E-state index is 13.7. The quantitative estimate of drug-likeness (QED) is 0.587. The van der Waals surface area contributed by atoms with Crippen molar-refractivity contribution in [2.45, 2.75) is 30.6 Å². The van der Waals surface area contributed by atoms with Crippen molar-refractivity contribution in [3.63, 3.8) is 0 Å². The van der Waals surface area contributed by atoms with Crippen molar-refractivity contribution in [2.24, 2.45) is 0 Å². The Morgan fingerprint density at radius 3 is 2.93 bits per heavy atom. The van der Waals surface area contributed by atoms with Gasteiger partial charge in [-0.25, -0.2) is 8.78 Å². The lowest BCUT2D eigenvalue weighted by Gasteiger charge is -2.14. The molecule has 1 aliphatic rings. The number of hydrogen-bond donors (Lipinski definition) is 1. The summed E-state index contributed by atoms with van der Waals surface area (Å²) < 4.78 is 39.7. The molecule has 3 aromatic rings. The third kappa shape index (κ3) is 4.65. The summed E-state index contributed by atoms with van der Waals surface area (Å²) in [5.41, 5.74) is -0.0749. The summed E-state index contributed by atoms with van der Waals surface area (Å²) >= 11 is 1.17. The average Bonchev–Trinajstić information content (AvgIpc) is 3.45. The van der Waals surface area contributed by atoms with Crippen molar-refractivity contribution in [2.75, 3.05) is 17.7 Å². The van der Waals surface area contributed by atoms with E-state index in [2.05, 4.69) is 15.5 Å². The maximum atomic E-state index is 13.7. The van der Waals surface area contributed by atoms with Crippen molar-refractivity contribution < 1.29 is 22.7 Å². The van der Waals surface area contributed by atoms with E-state index in [0.29, 0.717) is 23.3 Å². The normalized spacial score (nSPS) is 16.3. The summed E-state index contributed by atoms with van der Waals surface area (Å²) in [4.78, 5) is 12.2. The molecule has 1 aliphatic heterocycles. The molecule has 1 amide bonds. The number of rotatable bonds is 7. The van der Waals surface area contributed by atoms with E-state index in [4.69, 9.17) is 9.15 Å². The van der Waals surface area contributed by atoms with Crippen molar-refractivity contribution >= 4 is 23.4 Å². The first-order chi connectivity index (χ1) is 14.1. The Hall–Kier alpha value is -2.72. The number of nitrogens with zero attached hydrogens (tertiary/aromatic N) is 3. The van der Waals surface area contributed by atoms with E-state index >= 15 is 0 Å². The number of thioether (sulfide) groups is 1. The number of furan rings is 1. The highest BCUT2D eigenvalue weighted by molar-refractivity contribution is 7.99. The first-order valence-corrected chi connectivity index (χ1v) is 10.0. The number of aromatic nitrogens is 3. The molecule has 0 radical (unpaired) electrons. The second-order valence-corrected chi connectivity index (χ2v) is 7.43. The van der Waals surface area contributed by atoms with Crippen molar-refractivity contribution in [3.8, 4) is 11.6 Å². The molecule has 0 spiro atoms. The minimum Gasteiger partial charge on any atom is -0.461 e. The second-order valence-electron chi connectivity index (χ2n) is 6.49. The minimum absolute atomic E-state index is 0.0152. The van der Waals surface area contributed by atoms with Crippen molar-refractivity contribution in [3.05, 3.63) is 48.2 Å². The minimum atomic E-state index is -0.829. The molecule has 4 rings (SSSR count). The third-order valence-corrected chi connectivity index (χ3v) is 5.37. The van der Waals surface area contributed by atoms with E-state index in [-0.39, 0.29) is 17.5 Å². The standard InChI is InChI=1S/C19H18F2N4O3S/c20-12-5-6-15(14(21)9-12)22-17(26)11-29-19-24-23-18(16-4-2-8-28-16)25(19)10-13-3-1-7-27-13/h2,4-6,8-9,13H,1,3,7,10-11H2,(H,22,26). The Bertz CT molecular complexity index is 988. The van der Waals surface area contributed by atoms with E-state index in [9.17, 15) is 13.6 Å². The molecule has 152 valence electrons. The van der Waals surface area contributed by atoms with E-state index in [1.54, 1.807) is 18.4 Å². The number of anilines is 1. The Morgan fingerprint density at radius 2 is 2.21 bits per heavy atom. The van der Waals surface area contributed by atoms with Gasteiger partial charge in [-0.1, -0.05) is 11.8 Å². The van der Waals surface area contributed by atoms with Gasteiger partial charge in [0.05, 0.1) is 30.4 Å². The molecule has 1 unspecified atom stereocenters. The number of carbonyl (C=O) groups is 1. The average molecular weight is 420 g/mol. The van der Waals surface area contributed by atoms with Crippen LogP contribution in [0, 0.1) is 11.6 Å². The zero-order valence-corrected chi connectivity index (χ0v) is 16.1. The molecule has 0 aliphatic carbocycles. The Morgan fingerprint density at radius 1 is 1.31 bits per heavy atom. The Kier molecular flexibility index (Phi) is 5.91. The lowest BCUT2D eigenvalue weighted by atomic mass is 10.2. The van der Waals surface area contributed by atoms with Crippen LogP contribution in [-0.4, -0.2) is 39.1 Å². The van der Waals surface area contributed by atoms with E-state index < -0.39 is 17.5 Å². The Balaban J connectivity index is 1.46. The van der Waals surface area contributed by atoms with Gasteiger partial charge in [-0.05, 0) is 37.1 Å². The van der Waals surface area contributed by atoms with Crippen LogP contribution < -0.4 is 5.32 Å². The molecule has 1 atom stereocenters. The van der Waals surface area contributed by atoms with E-state index in [1.165, 1.54) is 17.8 Å². The van der Waals surface area contributed by atoms with Gasteiger partial charge in [0.2, 0.25) is 11.7 Å². The highest BCUT2D eigenvalue weighted by Gasteiger charge is 2.23. The van der Waals surface area contributed by atoms with Crippen LogP contribution in [0.5, 0.6) is 0 Å². The van der Waals surface area contributed by atoms with Gasteiger partial charge < -0.3 is 14.5 Å². The van der Waals surface area contributed by atoms with Gasteiger partial charge in [0.15, 0.2) is 10.9 Å². The van der Waals surface area contributed by atoms with Crippen molar-refractivity contribution in [1.29, 1.82) is 0 Å². The molecular formula is C19H18F2N4O3S. The number of ether oxygens (including phenoxy) is 1. The number of benzene rings is 1. The van der Waals surface area contributed by atoms with Crippen LogP contribution in [0.25, 0.3) is 11.6 Å². The van der Waals surface area contributed by atoms with Gasteiger partial charge in [0.1, 0.15) is 11.6 Å². The molecule has 1 fully saturated rings. The zero-order valence-electron chi connectivity index (χ0n) is 15.3. The van der Waals surface area contributed by atoms with Crippen molar-refractivity contribution in [1.82, 2.24) is 14.8 Å². The topological polar surface area (TPSA) is 82.2 Å². The predicted octanol–water partition coefficient (Wildman–Crippen LogP) is 3.73. The van der Waals surface area contributed by atoms with Gasteiger partial charge in [0, 0.05) is 12.7 Å². The molecule has 0 saturated carbocycles. The predicted molar refractivity (Wildman–Crippen MR) is 102 cm³/mol. The van der Waals surface area contributed by atoms with E-state index in [1.807, 2.05) is 4.57 Å². The number of halogens is 2. The van der Waals surface area contributed by atoms with E-state index in [0.717, 1.165) is 31.6 Å². The maximum Gasteiger partial charge on any atom is 0.234 e. The molecule has 3 heterocycles. The lowest BCUT2D eigenvalue weighted by molar-refractivity contribution is -0.113. The summed E-state index contributed by atoms with van der Waals surface area (Å²) in [5, 5.41) is 11.3. The molecule has 1 aromatic carbocycles. The van der Waals surface area contributed by atoms with Crippen LogP contribution in [0.3, 0.4) is 0 Å². The summed E-state index contributed by atoms with van der Waals surface area (Å²) in [5.74, 6) is -0.865. The lowest BCUT2D eigenvalue weighted by Crippen LogP contribution is -2.18. The van der Waals surface area contributed by atoms with Crippen LogP contribution in [0.1, 0.15) is 12.8 Å². The van der Waals surface area contributed by atoms with Crippen LogP contribution >= 0.6 is 11.8 Å². The highest BCUT2D eigenvalue weighted by Crippen LogP contribution is 2.27. The molecule has 2 aromatic heterocycles. The fourth-order valence-electron chi connectivity index (χ4n) is 3.05. The van der Waals surface area contributed by atoms with Gasteiger partial charge >= 0.3 is 0 Å². The summed E-state index contributed by atoms with van der Waals surface area (Å²) in [6.07, 6.45) is 3.53. The molecule has 0 bridgehead atoms. The molecular weight excluding hydrogens is 402 g/mol. The number of hydrogen-bond acceptors (Lipinski definition) is 6. The molecule has 1 N–H and O–H groups in total. The first kappa shape index (κ1) is 19.6. The smallest absolute Gasteiger partial charge is 0.234 e. The Labute approximate surface area is 169 Å². The monoisotopic (exact) mass is 420 g/mol. The molecule has 7 nitrogen and oxygen atoms in total. The zero-order chi connectivity index (χ0) is 20.2. The number of carbonyl (C=O) groups excluding carboxylic acids is 1. The fraction of sp³-hybridized carbons (Fsp3) is 0.316. The SMILES string of the molecule is O=C(CSc1nnc(-c2ccco2)n1CC1CCCO1)Nc1ccc(F)cc1F. The first-order valence-electron chi connectivity index (χ1n) is 9.06. The number of amides is 1. The largest absolute Gasteiger partial charge is 0.461 e. The van der Waals surface area contributed by atoms with Gasteiger partial charge in [-0.2, -0.15) is 0 Å². The van der Waals surface area contributed by atoms with Gasteiger partial charge in [-0.3, -0.25) is 9.36 Å². The van der Waals surface area contributed by atoms with Crippen LogP contribution in [0.2, 0.25) is 0 Å². The summed E-state index contributed by atoms with van der Waals surface area (Å²) in [6.45, 7) is 1.26. The van der Waals surface area contributed by atoms with Crippen LogP contribution in [0.4, 0.5) is 14.5 Å². The van der Waals surface area contributed by atoms with Gasteiger partial charge in [0.25, 0.3) is 0 Å². The molecule has 10 heteroatoms. The third-order valence-electron chi connectivity index (χ3n) is 4.41.